The predicted octanol–water partition coefficient (Wildman–Crippen LogP) is 5.13. The third kappa shape index (κ3) is 7.93. The summed E-state index contributed by atoms with van der Waals surface area (Å²) in [6.45, 7) is 7.80. The van der Waals surface area contributed by atoms with Crippen LogP contribution < -0.4 is 4.72 Å². The lowest BCUT2D eigenvalue weighted by atomic mass is 10.0. The SMILES string of the molecule is C=C/C=C\CC(CCCCCCC)NS(=O)(=O)c1ccc(C)cc1. The van der Waals surface area contributed by atoms with Crippen molar-refractivity contribution in [2.24, 2.45) is 0 Å². The van der Waals surface area contributed by atoms with Crippen LogP contribution in [0, 0.1) is 6.92 Å². The minimum Gasteiger partial charge on any atom is -0.208 e. The molecule has 0 aliphatic rings. The molecule has 0 aromatic heterocycles. The van der Waals surface area contributed by atoms with Gasteiger partial charge in [0.05, 0.1) is 4.90 Å². The van der Waals surface area contributed by atoms with E-state index in [1.54, 1.807) is 18.2 Å². The maximum Gasteiger partial charge on any atom is 0.240 e. The van der Waals surface area contributed by atoms with Crippen LogP contribution >= 0.6 is 0 Å². The highest BCUT2D eigenvalue weighted by atomic mass is 32.2. The van der Waals surface area contributed by atoms with Gasteiger partial charge in [-0.05, 0) is 31.9 Å². The number of allylic oxidation sites excluding steroid dienone is 2. The van der Waals surface area contributed by atoms with E-state index in [2.05, 4.69) is 18.2 Å². The summed E-state index contributed by atoms with van der Waals surface area (Å²) in [4.78, 5) is 0.330. The van der Waals surface area contributed by atoms with E-state index in [0.29, 0.717) is 11.3 Å². The normalized spacial score (nSPS) is 13.2. The Bertz CT molecular complexity index is 603. The summed E-state index contributed by atoms with van der Waals surface area (Å²) in [6, 6.07) is 6.90. The Morgan fingerprint density at radius 3 is 2.42 bits per heavy atom. The molecular weight excluding hydrogens is 318 g/mol. The van der Waals surface area contributed by atoms with Gasteiger partial charge in [-0.1, -0.05) is 81.5 Å². The molecule has 1 N–H and O–H groups in total. The molecule has 0 spiro atoms. The second-order valence-electron chi connectivity index (χ2n) is 6.23. The second kappa shape index (κ2) is 11.2. The average molecular weight is 350 g/mol. The fourth-order valence-corrected chi connectivity index (χ4v) is 3.85. The molecule has 134 valence electrons. The molecule has 1 atom stereocenters. The molecule has 0 amide bonds. The summed E-state index contributed by atoms with van der Waals surface area (Å²) < 4.78 is 28.0. The molecule has 0 bridgehead atoms. The van der Waals surface area contributed by atoms with Crippen LogP contribution in [-0.4, -0.2) is 14.5 Å². The van der Waals surface area contributed by atoms with Crippen molar-refractivity contribution in [3.8, 4) is 0 Å². The smallest absolute Gasteiger partial charge is 0.208 e. The van der Waals surface area contributed by atoms with Crippen molar-refractivity contribution in [1.29, 1.82) is 0 Å². The largest absolute Gasteiger partial charge is 0.240 e. The zero-order valence-corrected chi connectivity index (χ0v) is 15.8. The summed E-state index contributed by atoms with van der Waals surface area (Å²) in [6.07, 6.45) is 13.0. The van der Waals surface area contributed by atoms with Gasteiger partial charge >= 0.3 is 0 Å². The molecule has 1 unspecified atom stereocenters. The summed E-state index contributed by atoms with van der Waals surface area (Å²) >= 11 is 0. The number of rotatable bonds is 12. The third-order valence-electron chi connectivity index (χ3n) is 4.00. The van der Waals surface area contributed by atoms with E-state index in [-0.39, 0.29) is 6.04 Å². The fraction of sp³-hybridized carbons (Fsp3) is 0.500. The quantitative estimate of drug-likeness (QED) is 0.420. The van der Waals surface area contributed by atoms with Gasteiger partial charge in [0.25, 0.3) is 0 Å². The maximum atomic E-state index is 12.6. The molecule has 24 heavy (non-hydrogen) atoms. The topological polar surface area (TPSA) is 46.2 Å². The number of hydrogen-bond donors (Lipinski definition) is 1. The monoisotopic (exact) mass is 349 g/mol. The molecule has 0 saturated heterocycles. The van der Waals surface area contributed by atoms with E-state index in [4.69, 9.17) is 0 Å². The Kier molecular flexibility index (Phi) is 9.65. The Hall–Kier alpha value is -1.39. The zero-order valence-electron chi connectivity index (χ0n) is 15.0. The maximum absolute atomic E-state index is 12.6. The minimum absolute atomic E-state index is 0.0749. The average Bonchev–Trinajstić information content (AvgIpc) is 2.54. The highest BCUT2D eigenvalue weighted by Crippen LogP contribution is 2.15. The van der Waals surface area contributed by atoms with Gasteiger partial charge in [0.2, 0.25) is 10.0 Å². The number of hydrogen-bond acceptors (Lipinski definition) is 2. The molecule has 1 aromatic carbocycles. The van der Waals surface area contributed by atoms with E-state index in [1.807, 2.05) is 31.2 Å². The van der Waals surface area contributed by atoms with Crippen molar-refractivity contribution in [3.63, 3.8) is 0 Å². The molecule has 0 radical (unpaired) electrons. The van der Waals surface area contributed by atoms with Crippen LogP contribution in [0.4, 0.5) is 0 Å². The molecule has 0 saturated carbocycles. The second-order valence-corrected chi connectivity index (χ2v) is 7.95. The van der Waals surface area contributed by atoms with E-state index >= 15 is 0 Å². The van der Waals surface area contributed by atoms with Crippen molar-refractivity contribution >= 4 is 10.0 Å². The predicted molar refractivity (Wildman–Crippen MR) is 103 cm³/mol. The Morgan fingerprint density at radius 2 is 1.79 bits per heavy atom. The standard InChI is InChI=1S/C20H31NO2S/c1-4-6-8-9-11-13-19(12-10-7-5-2)21-24(22,23)20-16-14-18(3)15-17-20/h5,7,10,14-17,19,21H,2,4,6,8-9,11-13H2,1,3H3/b10-7-. The molecule has 3 nitrogen and oxygen atoms in total. The van der Waals surface area contributed by atoms with Gasteiger partial charge < -0.3 is 0 Å². The number of unbranched alkanes of at least 4 members (excludes halogenated alkanes) is 4. The molecule has 1 rings (SSSR count). The summed E-state index contributed by atoms with van der Waals surface area (Å²) in [5.74, 6) is 0. The van der Waals surface area contributed by atoms with Crippen LogP contribution in [0.1, 0.15) is 57.4 Å². The van der Waals surface area contributed by atoms with Crippen LogP contribution in [0.25, 0.3) is 0 Å². The highest BCUT2D eigenvalue weighted by Gasteiger charge is 2.19. The van der Waals surface area contributed by atoms with Crippen molar-refractivity contribution in [1.82, 2.24) is 4.72 Å². The van der Waals surface area contributed by atoms with Crippen molar-refractivity contribution in [2.75, 3.05) is 0 Å². The molecule has 4 heteroatoms. The van der Waals surface area contributed by atoms with Gasteiger partial charge in [-0.25, -0.2) is 13.1 Å². The fourth-order valence-electron chi connectivity index (χ4n) is 2.56. The molecule has 0 fully saturated rings. The number of nitrogens with one attached hydrogen (secondary N) is 1. The summed E-state index contributed by atoms with van der Waals surface area (Å²) in [5, 5.41) is 0. The first kappa shape index (κ1) is 20.7. The minimum atomic E-state index is -3.47. The Balaban J connectivity index is 2.68. The van der Waals surface area contributed by atoms with Gasteiger partial charge in [0.1, 0.15) is 0 Å². The first-order valence-corrected chi connectivity index (χ1v) is 10.3. The van der Waals surface area contributed by atoms with E-state index in [9.17, 15) is 8.42 Å². The number of benzene rings is 1. The summed E-state index contributed by atoms with van der Waals surface area (Å²) in [7, 11) is -3.47. The van der Waals surface area contributed by atoms with Crippen molar-refractivity contribution < 1.29 is 8.42 Å². The van der Waals surface area contributed by atoms with Crippen LogP contribution in [-0.2, 0) is 10.0 Å². The van der Waals surface area contributed by atoms with Crippen LogP contribution in [0.3, 0.4) is 0 Å². The van der Waals surface area contributed by atoms with E-state index in [1.165, 1.54) is 19.3 Å². The summed E-state index contributed by atoms with van der Waals surface area (Å²) in [5.41, 5.74) is 1.05. The van der Waals surface area contributed by atoms with Gasteiger partial charge in [-0.3, -0.25) is 0 Å². The first-order chi connectivity index (χ1) is 11.5. The van der Waals surface area contributed by atoms with Gasteiger partial charge in [0.15, 0.2) is 0 Å². The van der Waals surface area contributed by atoms with Gasteiger partial charge in [-0.2, -0.15) is 0 Å². The first-order valence-electron chi connectivity index (χ1n) is 8.86. The molecule has 0 heterocycles. The van der Waals surface area contributed by atoms with Crippen LogP contribution in [0.5, 0.6) is 0 Å². The zero-order chi connectivity index (χ0) is 17.8. The molecule has 0 aliphatic heterocycles. The lowest BCUT2D eigenvalue weighted by Gasteiger charge is -2.17. The number of sulfonamides is 1. The van der Waals surface area contributed by atoms with Gasteiger partial charge in [0, 0.05) is 6.04 Å². The third-order valence-corrected chi connectivity index (χ3v) is 5.54. The van der Waals surface area contributed by atoms with Gasteiger partial charge in [-0.15, -0.1) is 0 Å². The van der Waals surface area contributed by atoms with Crippen molar-refractivity contribution in [2.45, 2.75) is 69.7 Å². The van der Waals surface area contributed by atoms with Crippen LogP contribution in [0.15, 0.2) is 54.0 Å². The molecule has 0 aliphatic carbocycles. The lowest BCUT2D eigenvalue weighted by Crippen LogP contribution is -2.34. The molecular formula is C20H31NO2S. The van der Waals surface area contributed by atoms with E-state index < -0.39 is 10.0 Å². The van der Waals surface area contributed by atoms with Crippen molar-refractivity contribution in [3.05, 3.63) is 54.6 Å². The lowest BCUT2D eigenvalue weighted by molar-refractivity contribution is 0.499. The highest BCUT2D eigenvalue weighted by molar-refractivity contribution is 7.89. The van der Waals surface area contributed by atoms with Crippen LogP contribution in [0.2, 0.25) is 0 Å². The van der Waals surface area contributed by atoms with E-state index in [0.717, 1.165) is 24.8 Å². The molecule has 1 aromatic rings. The Labute approximate surface area is 147 Å². The Morgan fingerprint density at radius 1 is 1.12 bits per heavy atom. The number of aryl methyl sites for hydroxylation is 1.